The first-order valence-corrected chi connectivity index (χ1v) is 8.92. The molecule has 7 nitrogen and oxygen atoms in total. The number of carboxylic acid groups (broad SMARTS) is 1. The van der Waals surface area contributed by atoms with Gasteiger partial charge in [0.1, 0.15) is 0 Å². The van der Waals surface area contributed by atoms with Crippen molar-refractivity contribution >= 4 is 11.9 Å². The van der Waals surface area contributed by atoms with Gasteiger partial charge in [-0.3, -0.25) is 14.7 Å². The van der Waals surface area contributed by atoms with E-state index in [0.717, 1.165) is 44.8 Å². The van der Waals surface area contributed by atoms with Crippen LogP contribution in [0.1, 0.15) is 12.1 Å². The number of carbonyl (C=O) groups is 2. The van der Waals surface area contributed by atoms with E-state index in [9.17, 15) is 18.0 Å². The molecular weight excluding hydrogens is 379 g/mol. The summed E-state index contributed by atoms with van der Waals surface area (Å²) in [5.41, 5.74) is 1.08. The van der Waals surface area contributed by atoms with Gasteiger partial charge in [0.15, 0.2) is 0 Å². The number of likely N-dealkylation sites (tertiary alicyclic amines) is 2. The number of fused-ring (bicyclic) bond motifs is 1. The Kier molecular flexibility index (Phi) is 7.76. The smallest absolute Gasteiger partial charge is 0.475 e. The molecule has 1 N–H and O–H groups in total. The summed E-state index contributed by atoms with van der Waals surface area (Å²) in [6.45, 7) is 4.95. The minimum absolute atomic E-state index is 0.166. The molecule has 3 heterocycles. The molecule has 2 aliphatic rings. The number of piperidine rings is 1. The fourth-order valence-electron chi connectivity index (χ4n) is 3.47. The molecule has 3 rings (SSSR count). The molecule has 2 saturated heterocycles. The Bertz CT molecular complexity index is 657. The maximum atomic E-state index is 12.5. The van der Waals surface area contributed by atoms with Gasteiger partial charge in [0, 0.05) is 46.0 Å². The minimum Gasteiger partial charge on any atom is -0.475 e. The van der Waals surface area contributed by atoms with E-state index in [4.69, 9.17) is 14.6 Å². The Labute approximate surface area is 161 Å². The number of aliphatic carboxylic acids is 1. The van der Waals surface area contributed by atoms with E-state index in [2.05, 4.69) is 16.0 Å². The van der Waals surface area contributed by atoms with E-state index in [1.807, 2.05) is 23.2 Å². The molecule has 156 valence electrons. The maximum absolute atomic E-state index is 12.5. The molecule has 1 aromatic heterocycles. The van der Waals surface area contributed by atoms with Crippen molar-refractivity contribution < 1.29 is 32.6 Å². The lowest BCUT2D eigenvalue weighted by Crippen LogP contribution is -2.46. The molecule has 2 fully saturated rings. The zero-order valence-corrected chi connectivity index (χ0v) is 15.6. The summed E-state index contributed by atoms with van der Waals surface area (Å²) in [6.07, 6.45) is -2.14. The highest BCUT2D eigenvalue weighted by molar-refractivity contribution is 5.80. The molecule has 28 heavy (non-hydrogen) atoms. The standard InChI is InChI=1S/C16H23N3O2.C2HF3O2/c1-21-9-8-19-7-5-13-10-18(12-15(13)16(19)20)11-14-4-2-3-6-17-14;3-2(4,5)1(6)7/h2-4,6,13,15H,5,7-12H2,1H3;(H,6,7)/t13-,15-;/m0./s1. The number of carbonyl (C=O) groups excluding carboxylic acids is 1. The van der Waals surface area contributed by atoms with E-state index < -0.39 is 12.1 Å². The monoisotopic (exact) mass is 403 g/mol. The third kappa shape index (κ3) is 6.16. The van der Waals surface area contributed by atoms with Gasteiger partial charge >= 0.3 is 12.1 Å². The van der Waals surface area contributed by atoms with Crippen LogP contribution in [-0.2, 0) is 20.9 Å². The fraction of sp³-hybridized carbons (Fsp3) is 0.611. The minimum atomic E-state index is -5.08. The summed E-state index contributed by atoms with van der Waals surface area (Å²) in [5.74, 6) is -1.77. The van der Waals surface area contributed by atoms with Crippen molar-refractivity contribution in [2.45, 2.75) is 19.1 Å². The van der Waals surface area contributed by atoms with Gasteiger partial charge in [0.2, 0.25) is 5.91 Å². The van der Waals surface area contributed by atoms with Crippen LogP contribution in [-0.4, -0.2) is 77.8 Å². The van der Waals surface area contributed by atoms with E-state index in [1.165, 1.54) is 0 Å². The van der Waals surface area contributed by atoms with Crippen molar-refractivity contribution in [2.75, 3.05) is 39.9 Å². The van der Waals surface area contributed by atoms with Gasteiger partial charge in [-0.15, -0.1) is 0 Å². The number of nitrogens with zero attached hydrogens (tertiary/aromatic N) is 3. The van der Waals surface area contributed by atoms with Crippen molar-refractivity contribution in [1.29, 1.82) is 0 Å². The fourth-order valence-corrected chi connectivity index (χ4v) is 3.47. The van der Waals surface area contributed by atoms with Gasteiger partial charge in [-0.05, 0) is 24.5 Å². The molecular formula is C18H24F3N3O4. The first kappa shape index (κ1) is 22.1. The summed E-state index contributed by atoms with van der Waals surface area (Å²) in [5, 5.41) is 7.12. The topological polar surface area (TPSA) is 83.0 Å². The lowest BCUT2D eigenvalue weighted by Gasteiger charge is -2.33. The van der Waals surface area contributed by atoms with Gasteiger partial charge in [-0.25, -0.2) is 4.79 Å². The maximum Gasteiger partial charge on any atom is 0.490 e. The highest BCUT2D eigenvalue weighted by Gasteiger charge is 2.42. The Balaban J connectivity index is 0.000000345. The van der Waals surface area contributed by atoms with Crippen LogP contribution < -0.4 is 0 Å². The molecule has 2 atom stereocenters. The quantitative estimate of drug-likeness (QED) is 0.805. The third-order valence-electron chi connectivity index (χ3n) is 4.83. The van der Waals surface area contributed by atoms with Crippen LogP contribution in [0, 0.1) is 11.8 Å². The van der Waals surface area contributed by atoms with Crippen LogP contribution >= 0.6 is 0 Å². The molecule has 1 amide bonds. The number of carboxylic acids is 1. The SMILES string of the molecule is COCCN1CC[C@H]2CN(Cc3ccccn3)C[C@@H]2C1=O.O=C(O)C(F)(F)F. The van der Waals surface area contributed by atoms with Crippen LogP contribution in [0.25, 0.3) is 0 Å². The van der Waals surface area contributed by atoms with Crippen molar-refractivity contribution in [3.63, 3.8) is 0 Å². The van der Waals surface area contributed by atoms with Crippen LogP contribution in [0.3, 0.4) is 0 Å². The van der Waals surface area contributed by atoms with Gasteiger partial charge in [-0.2, -0.15) is 13.2 Å². The molecule has 0 radical (unpaired) electrons. The average Bonchev–Trinajstić information content (AvgIpc) is 3.05. The lowest BCUT2D eigenvalue weighted by molar-refractivity contribution is -0.192. The molecule has 0 aromatic carbocycles. The van der Waals surface area contributed by atoms with Crippen LogP contribution in [0.5, 0.6) is 0 Å². The Morgan fingerprint density at radius 2 is 2.07 bits per heavy atom. The third-order valence-corrected chi connectivity index (χ3v) is 4.83. The number of rotatable bonds is 5. The summed E-state index contributed by atoms with van der Waals surface area (Å²) in [7, 11) is 1.68. The van der Waals surface area contributed by atoms with Crippen LogP contribution in [0.15, 0.2) is 24.4 Å². The summed E-state index contributed by atoms with van der Waals surface area (Å²) < 4.78 is 36.8. The van der Waals surface area contributed by atoms with Gasteiger partial charge in [0.25, 0.3) is 0 Å². The number of halogens is 3. The van der Waals surface area contributed by atoms with Crippen molar-refractivity contribution in [1.82, 2.24) is 14.8 Å². The van der Waals surface area contributed by atoms with Crippen LogP contribution in [0.4, 0.5) is 13.2 Å². The summed E-state index contributed by atoms with van der Waals surface area (Å²) >= 11 is 0. The normalized spacial score (nSPS) is 22.4. The molecule has 0 bridgehead atoms. The second-order valence-corrected chi connectivity index (χ2v) is 6.79. The number of methoxy groups -OCH3 is 1. The average molecular weight is 403 g/mol. The highest BCUT2D eigenvalue weighted by atomic mass is 19.4. The van der Waals surface area contributed by atoms with Gasteiger partial charge < -0.3 is 14.7 Å². The van der Waals surface area contributed by atoms with E-state index in [-0.39, 0.29) is 5.92 Å². The van der Waals surface area contributed by atoms with Gasteiger partial charge in [0.05, 0.1) is 18.2 Å². The number of ether oxygens (including phenoxy) is 1. The van der Waals surface area contributed by atoms with Crippen molar-refractivity contribution in [3.8, 4) is 0 Å². The lowest BCUT2D eigenvalue weighted by atomic mass is 9.88. The Morgan fingerprint density at radius 3 is 2.64 bits per heavy atom. The van der Waals surface area contributed by atoms with Crippen LogP contribution in [0.2, 0.25) is 0 Å². The predicted molar refractivity (Wildman–Crippen MR) is 93.3 cm³/mol. The zero-order chi connectivity index (χ0) is 20.7. The predicted octanol–water partition coefficient (Wildman–Crippen LogP) is 1.64. The number of hydrogen-bond acceptors (Lipinski definition) is 5. The van der Waals surface area contributed by atoms with E-state index >= 15 is 0 Å². The van der Waals surface area contributed by atoms with Crippen molar-refractivity contribution in [3.05, 3.63) is 30.1 Å². The molecule has 0 spiro atoms. The van der Waals surface area contributed by atoms with Crippen molar-refractivity contribution in [2.24, 2.45) is 11.8 Å². The largest absolute Gasteiger partial charge is 0.490 e. The summed E-state index contributed by atoms with van der Waals surface area (Å²) in [6, 6.07) is 6.00. The zero-order valence-electron chi connectivity index (χ0n) is 15.6. The molecule has 10 heteroatoms. The number of aromatic nitrogens is 1. The molecule has 0 saturated carbocycles. The number of hydrogen-bond donors (Lipinski definition) is 1. The number of pyridine rings is 1. The first-order chi connectivity index (χ1) is 13.2. The molecule has 2 aliphatic heterocycles. The molecule has 0 aliphatic carbocycles. The highest BCUT2D eigenvalue weighted by Crippen LogP contribution is 2.32. The van der Waals surface area contributed by atoms with E-state index in [1.54, 1.807) is 7.11 Å². The Morgan fingerprint density at radius 1 is 1.36 bits per heavy atom. The van der Waals surface area contributed by atoms with E-state index in [0.29, 0.717) is 18.4 Å². The first-order valence-electron chi connectivity index (χ1n) is 8.92. The number of amides is 1. The number of alkyl halides is 3. The summed E-state index contributed by atoms with van der Waals surface area (Å²) in [4.78, 5) is 30.2. The van der Waals surface area contributed by atoms with Gasteiger partial charge in [-0.1, -0.05) is 6.07 Å². The second kappa shape index (κ2) is 9.83. The molecule has 0 unspecified atom stereocenters. The Hall–Kier alpha value is -2.20. The molecule has 1 aromatic rings. The second-order valence-electron chi connectivity index (χ2n) is 6.79.